The molecule has 0 aliphatic rings. The van der Waals surface area contributed by atoms with E-state index in [1.165, 1.54) is 0 Å². The minimum Gasteiger partial charge on any atom is -0.266 e. The monoisotopic (exact) mass is 343 g/mol. The average Bonchev–Trinajstić information content (AvgIpc) is 3.09. The minimum absolute atomic E-state index is 0.437. The van der Waals surface area contributed by atoms with E-state index in [0.29, 0.717) is 9.79 Å². The normalized spacial score (nSPS) is 11.1. The van der Waals surface area contributed by atoms with Crippen molar-refractivity contribution in [3.8, 4) is 16.4 Å². The van der Waals surface area contributed by atoms with Crippen LogP contribution in [0.5, 0.6) is 0 Å². The third-order valence-corrected chi connectivity index (χ3v) is 5.23. The molecule has 0 aliphatic heterocycles. The predicted molar refractivity (Wildman–Crippen MR) is 94.6 cm³/mol. The molecule has 0 aliphatic carbocycles. The van der Waals surface area contributed by atoms with Crippen molar-refractivity contribution in [3.63, 3.8) is 0 Å². The molecule has 2 aromatic heterocycles. The number of thiophene rings is 1. The highest BCUT2D eigenvalue weighted by atomic mass is 35.5. The Labute approximate surface area is 140 Å². The van der Waals surface area contributed by atoms with Crippen LogP contribution in [0.1, 0.15) is 0 Å². The molecule has 0 spiro atoms. The van der Waals surface area contributed by atoms with Gasteiger partial charge < -0.3 is 0 Å². The van der Waals surface area contributed by atoms with Crippen LogP contribution >= 0.6 is 35.2 Å². The maximum Gasteiger partial charge on any atom is 0.214 e. The van der Waals surface area contributed by atoms with E-state index >= 15 is 0 Å². The zero-order valence-corrected chi connectivity index (χ0v) is 13.7. The van der Waals surface area contributed by atoms with Crippen LogP contribution in [0.15, 0.2) is 54.6 Å². The van der Waals surface area contributed by atoms with E-state index in [-0.39, 0.29) is 0 Å². The van der Waals surface area contributed by atoms with E-state index in [1.807, 2.05) is 53.2 Å². The topological polar surface area (TPSA) is 33.6 Å². The third kappa shape index (κ3) is 2.18. The zero-order chi connectivity index (χ0) is 15.1. The van der Waals surface area contributed by atoms with Crippen molar-refractivity contribution >= 4 is 45.2 Å². The molecule has 0 bridgehead atoms. The quantitative estimate of drug-likeness (QED) is 0.490. The van der Waals surface area contributed by atoms with Gasteiger partial charge in [0, 0.05) is 10.1 Å². The fourth-order valence-electron chi connectivity index (χ4n) is 2.39. The number of hydrogen-bond donors (Lipinski definition) is 1. The van der Waals surface area contributed by atoms with Crippen molar-refractivity contribution in [1.29, 1.82) is 0 Å². The van der Waals surface area contributed by atoms with Gasteiger partial charge in [0.05, 0.1) is 15.6 Å². The van der Waals surface area contributed by atoms with Crippen LogP contribution in [0.4, 0.5) is 0 Å². The van der Waals surface area contributed by atoms with Gasteiger partial charge in [-0.3, -0.25) is 5.10 Å². The van der Waals surface area contributed by atoms with E-state index in [2.05, 4.69) is 16.1 Å². The lowest BCUT2D eigenvalue weighted by molar-refractivity contribution is 0.883. The average molecular weight is 344 g/mol. The summed E-state index contributed by atoms with van der Waals surface area (Å²) in [5.74, 6) is 0.738. The molecule has 108 valence electrons. The summed E-state index contributed by atoms with van der Waals surface area (Å²) in [4.78, 5) is 5.38. The van der Waals surface area contributed by atoms with E-state index in [9.17, 15) is 0 Å². The molecule has 2 heterocycles. The van der Waals surface area contributed by atoms with Crippen molar-refractivity contribution in [2.24, 2.45) is 0 Å². The number of nitrogens with one attached hydrogen (secondary N) is 1. The summed E-state index contributed by atoms with van der Waals surface area (Å²) in [6.45, 7) is 0. The molecule has 1 N–H and O–H groups in total. The van der Waals surface area contributed by atoms with E-state index < -0.39 is 0 Å². The molecular weight excluding hydrogens is 334 g/mol. The number of benzene rings is 2. The smallest absolute Gasteiger partial charge is 0.214 e. The van der Waals surface area contributed by atoms with Crippen molar-refractivity contribution < 1.29 is 0 Å². The summed E-state index contributed by atoms with van der Waals surface area (Å²) >= 11 is 13.4. The number of aromatic amines is 1. The summed E-state index contributed by atoms with van der Waals surface area (Å²) in [7, 11) is 0. The van der Waals surface area contributed by atoms with E-state index in [0.717, 1.165) is 26.5 Å². The van der Waals surface area contributed by atoms with Crippen molar-refractivity contribution in [2.45, 2.75) is 0 Å². The molecule has 0 saturated heterocycles. The molecule has 0 radical (unpaired) electrons. The summed E-state index contributed by atoms with van der Waals surface area (Å²) in [5, 5.41) is 4.85. The number of halogens is 1. The molecule has 22 heavy (non-hydrogen) atoms. The van der Waals surface area contributed by atoms with Gasteiger partial charge in [0.25, 0.3) is 0 Å². The number of nitrogens with zero attached hydrogens (tertiary/aromatic N) is 2. The summed E-state index contributed by atoms with van der Waals surface area (Å²) in [5.41, 5.74) is 0.967. The van der Waals surface area contributed by atoms with Gasteiger partial charge in [0.15, 0.2) is 5.82 Å². The summed E-state index contributed by atoms with van der Waals surface area (Å²) < 4.78 is 3.45. The van der Waals surface area contributed by atoms with Crippen LogP contribution in [-0.4, -0.2) is 14.8 Å². The maximum absolute atomic E-state index is 6.57. The number of H-pyrrole nitrogens is 1. The molecule has 3 nitrogen and oxygen atoms in total. The van der Waals surface area contributed by atoms with Crippen molar-refractivity contribution in [3.05, 3.63) is 64.4 Å². The molecular formula is C16H10ClN3S2. The van der Waals surface area contributed by atoms with Crippen LogP contribution in [0.3, 0.4) is 0 Å². The van der Waals surface area contributed by atoms with Gasteiger partial charge in [0.2, 0.25) is 4.77 Å². The molecule has 4 rings (SSSR count). The number of para-hydroxylation sites is 1. The maximum atomic E-state index is 6.57. The van der Waals surface area contributed by atoms with Crippen LogP contribution < -0.4 is 0 Å². The van der Waals surface area contributed by atoms with Crippen LogP contribution in [-0.2, 0) is 0 Å². The molecule has 2 aromatic carbocycles. The molecule has 0 atom stereocenters. The van der Waals surface area contributed by atoms with Gasteiger partial charge in [0.1, 0.15) is 0 Å². The molecule has 0 amide bonds. The fraction of sp³-hybridized carbons (Fsp3) is 0. The lowest BCUT2D eigenvalue weighted by Crippen LogP contribution is -1.98. The van der Waals surface area contributed by atoms with Crippen molar-refractivity contribution in [1.82, 2.24) is 14.8 Å². The predicted octanol–water partition coefficient (Wildman–Crippen LogP) is 5.46. The van der Waals surface area contributed by atoms with Crippen LogP contribution in [0.25, 0.3) is 26.5 Å². The highest BCUT2D eigenvalue weighted by Crippen LogP contribution is 2.41. The van der Waals surface area contributed by atoms with Gasteiger partial charge in [-0.15, -0.1) is 11.3 Å². The Balaban J connectivity index is 2.00. The standard InChI is InChI=1S/C16H10ClN3S2/c17-13-11-8-4-5-9-12(11)22-14(13)15-18-16(21)19-20(15)10-6-2-1-3-7-10/h1-9H,(H,19,21). The van der Waals surface area contributed by atoms with Crippen molar-refractivity contribution in [2.75, 3.05) is 0 Å². The summed E-state index contributed by atoms with van der Waals surface area (Å²) in [6.07, 6.45) is 0. The number of rotatable bonds is 2. The Hall–Kier alpha value is -1.95. The van der Waals surface area contributed by atoms with E-state index in [1.54, 1.807) is 11.3 Å². The first-order chi connectivity index (χ1) is 10.7. The first-order valence-electron chi connectivity index (χ1n) is 6.66. The Morgan fingerprint density at radius 1 is 1.05 bits per heavy atom. The Bertz CT molecular complexity index is 1010. The van der Waals surface area contributed by atoms with E-state index in [4.69, 9.17) is 23.8 Å². The first-order valence-corrected chi connectivity index (χ1v) is 8.26. The SMILES string of the molecule is S=c1nc(-c2sc3ccccc3c2Cl)n(-c2ccccc2)[nH]1. The number of fused-ring (bicyclic) bond motifs is 1. The van der Waals surface area contributed by atoms with Gasteiger partial charge in [-0.05, 0) is 30.4 Å². The molecule has 0 fully saturated rings. The third-order valence-electron chi connectivity index (χ3n) is 3.38. The largest absolute Gasteiger partial charge is 0.266 e. The van der Waals surface area contributed by atoms with Crippen LogP contribution in [0, 0.1) is 4.77 Å². The van der Waals surface area contributed by atoms with Gasteiger partial charge in [-0.1, -0.05) is 48.0 Å². The minimum atomic E-state index is 0.437. The highest BCUT2D eigenvalue weighted by Gasteiger charge is 2.17. The second kappa shape index (κ2) is 5.35. The Morgan fingerprint density at radius 2 is 1.77 bits per heavy atom. The molecule has 0 unspecified atom stereocenters. The molecule has 6 heteroatoms. The number of hydrogen-bond acceptors (Lipinski definition) is 3. The fourth-order valence-corrected chi connectivity index (χ4v) is 4.07. The van der Waals surface area contributed by atoms with Gasteiger partial charge in [-0.2, -0.15) is 4.98 Å². The Kier molecular flexibility index (Phi) is 3.33. The van der Waals surface area contributed by atoms with Crippen LogP contribution in [0.2, 0.25) is 5.02 Å². The van der Waals surface area contributed by atoms with Gasteiger partial charge in [-0.25, -0.2) is 4.68 Å². The molecule has 0 saturated carbocycles. The highest BCUT2D eigenvalue weighted by molar-refractivity contribution is 7.71. The first kappa shape index (κ1) is 13.7. The second-order valence-corrected chi connectivity index (χ2v) is 6.58. The summed E-state index contributed by atoms with van der Waals surface area (Å²) in [6, 6.07) is 18.0. The molecule has 4 aromatic rings. The zero-order valence-electron chi connectivity index (χ0n) is 11.3. The lowest BCUT2D eigenvalue weighted by atomic mass is 10.2. The number of aromatic nitrogens is 3. The Morgan fingerprint density at radius 3 is 2.55 bits per heavy atom. The lowest BCUT2D eigenvalue weighted by Gasteiger charge is -2.05. The second-order valence-electron chi connectivity index (χ2n) is 4.76. The van der Waals surface area contributed by atoms with Gasteiger partial charge >= 0.3 is 0 Å².